The minimum Gasteiger partial charge on any atom is -0.465 e. The van der Waals surface area contributed by atoms with Gasteiger partial charge in [-0.3, -0.25) is 4.79 Å². The molecular formula is C13H21NO5. The van der Waals surface area contributed by atoms with Crippen molar-refractivity contribution >= 4 is 5.97 Å². The lowest BCUT2D eigenvalue weighted by molar-refractivity contribution is -0.167. The molecule has 1 saturated heterocycles. The van der Waals surface area contributed by atoms with E-state index in [1.54, 1.807) is 40.0 Å². The molecule has 4 unspecified atom stereocenters. The number of rotatable bonds is 3. The number of nitrogens with zero attached hydrogens (tertiary/aromatic N) is 1. The van der Waals surface area contributed by atoms with Gasteiger partial charge in [0, 0.05) is 7.05 Å². The Labute approximate surface area is 112 Å². The minimum absolute atomic E-state index is 0.325. The van der Waals surface area contributed by atoms with Gasteiger partial charge in [-0.1, -0.05) is 12.2 Å². The number of hydrogen-bond acceptors (Lipinski definition) is 6. The quantitative estimate of drug-likeness (QED) is 0.468. The average Bonchev–Trinajstić information content (AvgIpc) is 2.62. The average molecular weight is 271 g/mol. The van der Waals surface area contributed by atoms with Crippen LogP contribution in [0, 0.1) is 5.92 Å². The van der Waals surface area contributed by atoms with E-state index in [1.807, 2.05) is 0 Å². The molecule has 1 heterocycles. The van der Waals surface area contributed by atoms with Crippen LogP contribution in [0.5, 0.6) is 0 Å². The molecule has 1 aliphatic heterocycles. The molecule has 19 heavy (non-hydrogen) atoms. The summed E-state index contributed by atoms with van der Waals surface area (Å²) < 4.78 is 16.7. The Hall–Kier alpha value is -0.950. The maximum atomic E-state index is 11.9. The van der Waals surface area contributed by atoms with E-state index in [0.29, 0.717) is 6.61 Å². The molecule has 6 heteroatoms. The Bertz CT molecular complexity index is 379. The predicted molar refractivity (Wildman–Crippen MR) is 66.4 cm³/mol. The minimum atomic E-state index is -0.777. The van der Waals surface area contributed by atoms with Crippen molar-refractivity contribution in [3.8, 4) is 0 Å². The number of likely N-dealkylation sites (N-methyl/N-ethyl adjacent to an activating group) is 1. The van der Waals surface area contributed by atoms with Crippen molar-refractivity contribution in [3.63, 3.8) is 0 Å². The first-order chi connectivity index (χ1) is 8.85. The van der Waals surface area contributed by atoms with Gasteiger partial charge in [0.2, 0.25) is 0 Å². The zero-order chi connectivity index (χ0) is 14.2. The Kier molecular flexibility index (Phi) is 3.96. The molecule has 6 nitrogen and oxygen atoms in total. The summed E-state index contributed by atoms with van der Waals surface area (Å²) in [6, 6.07) is -0.336. The molecular weight excluding hydrogens is 250 g/mol. The van der Waals surface area contributed by atoms with Crippen molar-refractivity contribution in [2.24, 2.45) is 5.92 Å². The van der Waals surface area contributed by atoms with E-state index in [9.17, 15) is 10.0 Å². The van der Waals surface area contributed by atoms with Crippen molar-refractivity contribution in [1.82, 2.24) is 5.06 Å². The first kappa shape index (κ1) is 14.5. The standard InChI is InChI=1S/C13H21NO5/c1-5-17-12(15)8-6-7-9(14(4)16)11-10(8)18-13(2,3)19-11/h6-11,16H,5H2,1-4H3. The molecule has 4 atom stereocenters. The van der Waals surface area contributed by atoms with Crippen molar-refractivity contribution in [3.05, 3.63) is 12.2 Å². The molecule has 0 aromatic carbocycles. The summed E-state index contributed by atoms with van der Waals surface area (Å²) in [6.07, 6.45) is 2.64. The van der Waals surface area contributed by atoms with Gasteiger partial charge in [-0.15, -0.1) is 0 Å². The lowest BCUT2D eigenvalue weighted by Gasteiger charge is -2.33. The van der Waals surface area contributed by atoms with Gasteiger partial charge >= 0.3 is 5.97 Å². The number of esters is 1. The van der Waals surface area contributed by atoms with Crippen LogP contribution in [0.15, 0.2) is 12.2 Å². The molecule has 1 aliphatic carbocycles. The molecule has 0 radical (unpaired) electrons. The maximum absolute atomic E-state index is 11.9. The fourth-order valence-electron chi connectivity index (χ4n) is 2.60. The number of fused-ring (bicyclic) bond motifs is 1. The zero-order valence-corrected chi connectivity index (χ0v) is 11.7. The summed E-state index contributed by atoms with van der Waals surface area (Å²) in [4.78, 5) is 11.9. The van der Waals surface area contributed by atoms with Crippen molar-refractivity contribution < 1.29 is 24.2 Å². The van der Waals surface area contributed by atoms with Crippen molar-refractivity contribution in [2.45, 2.75) is 44.8 Å². The lowest BCUT2D eigenvalue weighted by Crippen LogP contribution is -2.50. The predicted octanol–water partition coefficient (Wildman–Crippen LogP) is 0.945. The van der Waals surface area contributed by atoms with E-state index < -0.39 is 23.9 Å². The summed E-state index contributed by atoms with van der Waals surface area (Å²) in [5.41, 5.74) is 0. The molecule has 0 spiro atoms. The number of carbonyl (C=O) groups is 1. The van der Waals surface area contributed by atoms with Gasteiger partial charge in [-0.25, -0.2) is 0 Å². The summed E-state index contributed by atoms with van der Waals surface area (Å²) in [5, 5.41) is 10.7. The van der Waals surface area contributed by atoms with Gasteiger partial charge in [-0.2, -0.15) is 5.06 Å². The van der Waals surface area contributed by atoms with Crippen LogP contribution in [-0.4, -0.2) is 53.9 Å². The molecule has 2 aliphatic rings. The normalized spacial score (nSPS) is 36.3. The Morgan fingerprint density at radius 2 is 2.00 bits per heavy atom. The van der Waals surface area contributed by atoms with Gasteiger partial charge in [0.15, 0.2) is 5.79 Å². The van der Waals surface area contributed by atoms with Crippen molar-refractivity contribution in [1.29, 1.82) is 0 Å². The van der Waals surface area contributed by atoms with E-state index in [0.717, 1.165) is 5.06 Å². The SMILES string of the molecule is CCOC(=O)C1C=CC(N(C)O)C2OC(C)(C)OC12. The molecule has 0 amide bonds. The molecule has 0 saturated carbocycles. The molecule has 1 fully saturated rings. The van der Waals surface area contributed by atoms with E-state index in [1.165, 1.54) is 0 Å². The zero-order valence-electron chi connectivity index (χ0n) is 11.7. The summed E-state index contributed by atoms with van der Waals surface area (Å²) in [5.74, 6) is -1.60. The fourth-order valence-corrected chi connectivity index (χ4v) is 2.60. The van der Waals surface area contributed by atoms with Crippen LogP contribution in [0.1, 0.15) is 20.8 Å². The maximum Gasteiger partial charge on any atom is 0.315 e. The van der Waals surface area contributed by atoms with E-state index in [4.69, 9.17) is 14.2 Å². The second-order valence-electron chi connectivity index (χ2n) is 5.29. The molecule has 0 bridgehead atoms. The van der Waals surface area contributed by atoms with E-state index in [2.05, 4.69) is 0 Å². The highest BCUT2D eigenvalue weighted by molar-refractivity contribution is 5.75. The van der Waals surface area contributed by atoms with Crippen LogP contribution in [0.25, 0.3) is 0 Å². The van der Waals surface area contributed by atoms with Crippen LogP contribution in [0.4, 0.5) is 0 Å². The van der Waals surface area contributed by atoms with Gasteiger partial charge in [-0.05, 0) is 20.8 Å². The van der Waals surface area contributed by atoms with Crippen LogP contribution in [0.3, 0.4) is 0 Å². The molecule has 2 rings (SSSR count). The highest BCUT2D eigenvalue weighted by Gasteiger charge is 2.52. The smallest absolute Gasteiger partial charge is 0.315 e. The molecule has 0 aromatic heterocycles. The molecule has 1 N–H and O–H groups in total. The van der Waals surface area contributed by atoms with Gasteiger partial charge in [0.1, 0.15) is 18.1 Å². The Balaban J connectivity index is 2.24. The van der Waals surface area contributed by atoms with Gasteiger partial charge < -0.3 is 19.4 Å². The fraction of sp³-hybridized carbons (Fsp3) is 0.769. The lowest BCUT2D eigenvalue weighted by atomic mass is 9.87. The molecule has 0 aromatic rings. The molecule has 108 valence electrons. The third-order valence-electron chi connectivity index (χ3n) is 3.36. The Morgan fingerprint density at radius 3 is 2.58 bits per heavy atom. The van der Waals surface area contributed by atoms with E-state index >= 15 is 0 Å². The number of ether oxygens (including phenoxy) is 3. The summed E-state index contributed by atoms with van der Waals surface area (Å²) >= 11 is 0. The van der Waals surface area contributed by atoms with Crippen LogP contribution in [0.2, 0.25) is 0 Å². The topological polar surface area (TPSA) is 68.2 Å². The second-order valence-corrected chi connectivity index (χ2v) is 5.29. The Morgan fingerprint density at radius 1 is 1.37 bits per heavy atom. The van der Waals surface area contributed by atoms with Gasteiger partial charge in [0.05, 0.1) is 12.6 Å². The third-order valence-corrected chi connectivity index (χ3v) is 3.36. The highest BCUT2D eigenvalue weighted by atomic mass is 16.8. The first-order valence-electron chi connectivity index (χ1n) is 6.48. The monoisotopic (exact) mass is 271 g/mol. The highest BCUT2D eigenvalue weighted by Crippen LogP contribution is 2.38. The summed E-state index contributed by atoms with van der Waals surface area (Å²) in [6.45, 7) is 5.68. The van der Waals surface area contributed by atoms with Gasteiger partial charge in [0.25, 0.3) is 0 Å². The number of hydrogen-bond donors (Lipinski definition) is 1. The number of carbonyl (C=O) groups excluding carboxylic acids is 1. The van der Waals surface area contributed by atoms with Crippen LogP contribution >= 0.6 is 0 Å². The van der Waals surface area contributed by atoms with E-state index in [-0.39, 0.29) is 12.0 Å². The largest absolute Gasteiger partial charge is 0.465 e. The second kappa shape index (κ2) is 5.20. The van der Waals surface area contributed by atoms with Crippen LogP contribution in [-0.2, 0) is 19.0 Å². The van der Waals surface area contributed by atoms with Crippen LogP contribution < -0.4 is 0 Å². The third kappa shape index (κ3) is 2.81. The van der Waals surface area contributed by atoms with Crippen molar-refractivity contribution in [2.75, 3.05) is 13.7 Å². The number of hydroxylamine groups is 2. The summed E-state index contributed by atoms with van der Waals surface area (Å²) in [7, 11) is 1.55. The first-order valence-corrected chi connectivity index (χ1v) is 6.48.